The predicted octanol–water partition coefficient (Wildman–Crippen LogP) is 1.70. The molecule has 5 nitrogen and oxygen atoms in total. The van der Waals surface area contributed by atoms with Crippen molar-refractivity contribution in [2.24, 2.45) is 16.9 Å². The molecule has 4 N–H and O–H groups in total. The number of likely N-dealkylation sites (tertiary alicyclic amines) is 1. The van der Waals surface area contributed by atoms with Crippen molar-refractivity contribution in [3.63, 3.8) is 0 Å². The summed E-state index contributed by atoms with van der Waals surface area (Å²) >= 11 is 0. The molecule has 2 rings (SSSR count). The fraction of sp³-hybridized carbons (Fsp3) is 0.929. The Balaban J connectivity index is 0.000000861. The average molecular weight is 271 g/mol. The van der Waals surface area contributed by atoms with Crippen LogP contribution in [0.5, 0.6) is 0 Å². The third-order valence-electron chi connectivity index (χ3n) is 3.87. The number of rotatable bonds is 0. The molecule has 0 aromatic heterocycles. The van der Waals surface area contributed by atoms with Gasteiger partial charge in [-0.1, -0.05) is 0 Å². The SMILES string of the molecule is CC(C)(C)OC(=O)N1CCC2(CC1)CC(N)C2.CN. The van der Waals surface area contributed by atoms with Gasteiger partial charge in [-0.05, 0) is 58.9 Å². The Morgan fingerprint density at radius 3 is 2.05 bits per heavy atom. The van der Waals surface area contributed by atoms with Crippen molar-refractivity contribution in [2.45, 2.75) is 58.1 Å². The van der Waals surface area contributed by atoms with E-state index in [-0.39, 0.29) is 6.09 Å². The van der Waals surface area contributed by atoms with Gasteiger partial charge in [0, 0.05) is 19.1 Å². The van der Waals surface area contributed by atoms with E-state index < -0.39 is 5.60 Å². The van der Waals surface area contributed by atoms with E-state index in [1.54, 1.807) is 0 Å². The summed E-state index contributed by atoms with van der Waals surface area (Å²) in [5.74, 6) is 0. The fourth-order valence-corrected chi connectivity index (χ4v) is 2.95. The van der Waals surface area contributed by atoms with Crippen LogP contribution in [0.3, 0.4) is 0 Å². The first-order valence-electron chi connectivity index (χ1n) is 7.11. The van der Waals surface area contributed by atoms with Gasteiger partial charge in [0.15, 0.2) is 0 Å². The summed E-state index contributed by atoms with van der Waals surface area (Å²) in [5, 5.41) is 0. The molecular weight excluding hydrogens is 242 g/mol. The molecule has 0 radical (unpaired) electrons. The zero-order chi connectivity index (χ0) is 14.7. The normalized spacial score (nSPS) is 22.3. The summed E-state index contributed by atoms with van der Waals surface area (Å²) in [7, 11) is 1.50. The van der Waals surface area contributed by atoms with E-state index in [0.717, 1.165) is 38.8 Å². The highest BCUT2D eigenvalue weighted by Gasteiger charge is 2.45. The zero-order valence-corrected chi connectivity index (χ0v) is 12.7. The van der Waals surface area contributed by atoms with E-state index in [1.807, 2.05) is 25.7 Å². The molecule has 1 heterocycles. The Morgan fingerprint density at radius 1 is 1.21 bits per heavy atom. The number of carbonyl (C=O) groups excluding carboxylic acids is 1. The lowest BCUT2D eigenvalue weighted by atomic mass is 9.61. The van der Waals surface area contributed by atoms with E-state index in [4.69, 9.17) is 10.5 Å². The van der Waals surface area contributed by atoms with Crippen LogP contribution in [0.25, 0.3) is 0 Å². The monoisotopic (exact) mass is 271 g/mol. The van der Waals surface area contributed by atoms with Crippen molar-refractivity contribution in [2.75, 3.05) is 20.1 Å². The van der Waals surface area contributed by atoms with Crippen LogP contribution >= 0.6 is 0 Å². The largest absolute Gasteiger partial charge is 0.444 e. The third kappa shape index (κ3) is 4.35. The molecule has 5 heteroatoms. The van der Waals surface area contributed by atoms with Crippen molar-refractivity contribution in [1.29, 1.82) is 0 Å². The molecule has 0 aromatic carbocycles. The van der Waals surface area contributed by atoms with Gasteiger partial charge in [-0.3, -0.25) is 0 Å². The number of nitrogens with zero attached hydrogens (tertiary/aromatic N) is 1. The minimum Gasteiger partial charge on any atom is -0.444 e. The first-order chi connectivity index (χ1) is 8.80. The Morgan fingerprint density at radius 2 is 1.68 bits per heavy atom. The quantitative estimate of drug-likeness (QED) is 0.702. The molecule has 1 saturated carbocycles. The molecule has 112 valence electrons. The molecule has 19 heavy (non-hydrogen) atoms. The Hall–Kier alpha value is -0.810. The molecule has 2 aliphatic rings. The van der Waals surface area contributed by atoms with E-state index in [2.05, 4.69) is 5.73 Å². The second kappa shape index (κ2) is 6.09. The van der Waals surface area contributed by atoms with E-state index in [1.165, 1.54) is 7.05 Å². The van der Waals surface area contributed by atoms with Gasteiger partial charge in [0.2, 0.25) is 0 Å². The Kier molecular flexibility index (Phi) is 5.21. The van der Waals surface area contributed by atoms with Crippen molar-refractivity contribution in [3.05, 3.63) is 0 Å². The predicted molar refractivity (Wildman–Crippen MR) is 76.8 cm³/mol. The van der Waals surface area contributed by atoms with Crippen LogP contribution in [0.4, 0.5) is 4.79 Å². The maximum Gasteiger partial charge on any atom is 0.410 e. The van der Waals surface area contributed by atoms with Gasteiger partial charge in [0.25, 0.3) is 0 Å². The summed E-state index contributed by atoms with van der Waals surface area (Å²) in [6, 6.07) is 0.392. The molecule has 1 amide bonds. The second-order valence-electron chi connectivity index (χ2n) is 6.64. The summed E-state index contributed by atoms with van der Waals surface area (Å²) < 4.78 is 5.38. The summed E-state index contributed by atoms with van der Waals surface area (Å²) in [6.45, 7) is 7.35. The first kappa shape index (κ1) is 16.2. The number of hydrogen-bond donors (Lipinski definition) is 2. The van der Waals surface area contributed by atoms with Crippen LogP contribution in [0, 0.1) is 5.41 Å². The van der Waals surface area contributed by atoms with E-state index in [0.29, 0.717) is 11.5 Å². The summed E-state index contributed by atoms with van der Waals surface area (Å²) in [4.78, 5) is 13.7. The summed E-state index contributed by atoms with van der Waals surface area (Å²) in [5.41, 5.74) is 10.4. The summed E-state index contributed by atoms with van der Waals surface area (Å²) in [6.07, 6.45) is 4.26. The van der Waals surface area contributed by atoms with Gasteiger partial charge in [-0.25, -0.2) is 4.79 Å². The number of piperidine rings is 1. The number of ether oxygens (including phenoxy) is 1. The van der Waals surface area contributed by atoms with Crippen LogP contribution in [-0.4, -0.2) is 42.8 Å². The second-order valence-corrected chi connectivity index (χ2v) is 6.64. The highest BCUT2D eigenvalue weighted by molar-refractivity contribution is 5.68. The maximum atomic E-state index is 11.9. The average Bonchev–Trinajstić information content (AvgIpc) is 2.28. The van der Waals surface area contributed by atoms with E-state index >= 15 is 0 Å². The molecule has 1 aliphatic heterocycles. The molecule has 1 spiro atoms. The van der Waals surface area contributed by atoms with Crippen LogP contribution in [0.2, 0.25) is 0 Å². The van der Waals surface area contributed by atoms with Gasteiger partial charge in [0.05, 0.1) is 0 Å². The highest BCUT2D eigenvalue weighted by Crippen LogP contribution is 2.48. The van der Waals surface area contributed by atoms with Gasteiger partial charge in [-0.15, -0.1) is 0 Å². The first-order valence-corrected chi connectivity index (χ1v) is 7.11. The Bertz CT molecular complexity index is 296. The van der Waals surface area contributed by atoms with Crippen LogP contribution < -0.4 is 11.5 Å². The van der Waals surface area contributed by atoms with E-state index in [9.17, 15) is 4.79 Å². The fourth-order valence-electron chi connectivity index (χ4n) is 2.95. The molecule has 0 unspecified atom stereocenters. The lowest BCUT2D eigenvalue weighted by molar-refractivity contribution is -0.0109. The van der Waals surface area contributed by atoms with Gasteiger partial charge in [-0.2, -0.15) is 0 Å². The van der Waals surface area contributed by atoms with Gasteiger partial charge >= 0.3 is 6.09 Å². The van der Waals surface area contributed by atoms with Crippen LogP contribution in [0.1, 0.15) is 46.5 Å². The Labute approximate surface area is 116 Å². The number of nitrogens with two attached hydrogens (primary N) is 2. The minimum absolute atomic E-state index is 0.170. The molecular formula is C14H29N3O2. The van der Waals surface area contributed by atoms with Crippen molar-refractivity contribution in [1.82, 2.24) is 4.90 Å². The molecule has 0 atom stereocenters. The maximum absolute atomic E-state index is 11.9. The highest BCUT2D eigenvalue weighted by atomic mass is 16.6. The minimum atomic E-state index is -0.398. The van der Waals surface area contributed by atoms with Crippen molar-refractivity contribution in [3.8, 4) is 0 Å². The molecule has 0 aromatic rings. The zero-order valence-electron chi connectivity index (χ0n) is 12.7. The number of amides is 1. The van der Waals surface area contributed by atoms with Gasteiger partial charge in [0.1, 0.15) is 5.60 Å². The number of carbonyl (C=O) groups is 1. The lowest BCUT2D eigenvalue weighted by Gasteiger charge is -2.51. The topological polar surface area (TPSA) is 81.6 Å². The molecule has 0 bridgehead atoms. The third-order valence-corrected chi connectivity index (χ3v) is 3.87. The van der Waals surface area contributed by atoms with Crippen molar-refractivity contribution < 1.29 is 9.53 Å². The van der Waals surface area contributed by atoms with Gasteiger partial charge < -0.3 is 21.1 Å². The van der Waals surface area contributed by atoms with Crippen LogP contribution in [-0.2, 0) is 4.74 Å². The smallest absolute Gasteiger partial charge is 0.410 e. The lowest BCUT2D eigenvalue weighted by Crippen LogP contribution is -2.53. The van der Waals surface area contributed by atoms with Crippen LogP contribution in [0.15, 0.2) is 0 Å². The molecule has 1 saturated heterocycles. The standard InChI is InChI=1S/C13H24N2O2.CH5N/c1-12(2,3)17-11(16)15-6-4-13(5-7-15)8-10(14)9-13;1-2/h10H,4-9,14H2,1-3H3;2H2,1H3. The van der Waals surface area contributed by atoms with Crippen molar-refractivity contribution >= 4 is 6.09 Å². The molecule has 1 aliphatic carbocycles. The molecule has 2 fully saturated rings. The number of hydrogen-bond acceptors (Lipinski definition) is 4.